The van der Waals surface area contributed by atoms with Gasteiger partial charge in [-0.25, -0.2) is 4.99 Å². The highest BCUT2D eigenvalue weighted by Crippen LogP contribution is 2.46. The summed E-state index contributed by atoms with van der Waals surface area (Å²) in [5, 5.41) is 8.21. The third kappa shape index (κ3) is 3.05. The lowest BCUT2D eigenvalue weighted by Gasteiger charge is -2.62. The molecule has 1 saturated heterocycles. The molecular weight excluding hydrogens is 298 g/mol. The maximum atomic E-state index is 4.86. The van der Waals surface area contributed by atoms with Crippen LogP contribution in [0.1, 0.15) is 72.0 Å². The molecule has 2 fully saturated rings. The van der Waals surface area contributed by atoms with Gasteiger partial charge in [0.05, 0.1) is 18.3 Å². The zero-order chi connectivity index (χ0) is 17.4. The van der Waals surface area contributed by atoms with Gasteiger partial charge in [-0.3, -0.25) is 4.68 Å². The number of aromatic nitrogens is 2. The summed E-state index contributed by atoms with van der Waals surface area (Å²) in [5.74, 6) is 1.01. The fraction of sp³-hybridized carbons (Fsp3) is 0.789. The van der Waals surface area contributed by atoms with E-state index < -0.39 is 0 Å². The van der Waals surface area contributed by atoms with Crippen molar-refractivity contribution in [3.8, 4) is 0 Å². The van der Waals surface area contributed by atoms with E-state index in [9.17, 15) is 0 Å². The van der Waals surface area contributed by atoms with Crippen LogP contribution in [0.25, 0.3) is 0 Å². The second-order valence-electron chi connectivity index (χ2n) is 8.42. The summed E-state index contributed by atoms with van der Waals surface area (Å²) in [6, 6.07) is 2.72. The molecule has 2 heterocycles. The number of hydrogen-bond acceptors (Lipinski definition) is 2. The van der Waals surface area contributed by atoms with E-state index in [-0.39, 0.29) is 5.54 Å². The third-order valence-corrected chi connectivity index (χ3v) is 6.23. The smallest absolute Gasteiger partial charge is 0.194 e. The average Bonchev–Trinajstić information content (AvgIpc) is 3.20. The van der Waals surface area contributed by atoms with Crippen LogP contribution in [-0.2, 0) is 6.54 Å². The molecule has 1 N–H and O–H groups in total. The van der Waals surface area contributed by atoms with Crippen molar-refractivity contribution >= 4 is 5.96 Å². The Labute approximate surface area is 146 Å². The van der Waals surface area contributed by atoms with Crippen molar-refractivity contribution in [3.63, 3.8) is 0 Å². The lowest BCUT2D eigenvalue weighted by atomic mass is 9.65. The van der Waals surface area contributed by atoms with Gasteiger partial charge >= 0.3 is 0 Å². The molecule has 5 heteroatoms. The largest absolute Gasteiger partial charge is 0.356 e. The molecule has 0 radical (unpaired) electrons. The molecule has 1 aromatic rings. The summed E-state index contributed by atoms with van der Waals surface area (Å²) in [6.07, 6.45) is 7.34. The molecule has 134 valence electrons. The van der Waals surface area contributed by atoms with Gasteiger partial charge in [-0.05, 0) is 39.7 Å². The molecule has 0 unspecified atom stereocenters. The molecule has 5 nitrogen and oxygen atoms in total. The SMILES string of the molecule is CCNC(=NCc1ccn(C2CCCC2)n1)N1CC(C)(C)C1(C)C. The van der Waals surface area contributed by atoms with Crippen molar-refractivity contribution in [2.45, 2.75) is 78.4 Å². The Hall–Kier alpha value is -1.52. The van der Waals surface area contributed by atoms with E-state index in [1.807, 2.05) is 0 Å². The van der Waals surface area contributed by atoms with Crippen LogP contribution in [0.4, 0.5) is 0 Å². The second-order valence-corrected chi connectivity index (χ2v) is 8.42. The van der Waals surface area contributed by atoms with Crippen LogP contribution in [-0.4, -0.2) is 39.3 Å². The fourth-order valence-electron chi connectivity index (χ4n) is 3.78. The molecule has 0 spiro atoms. The normalized spacial score (nSPS) is 23.4. The summed E-state index contributed by atoms with van der Waals surface area (Å²) < 4.78 is 2.15. The van der Waals surface area contributed by atoms with Gasteiger partial charge in [-0.2, -0.15) is 5.10 Å². The van der Waals surface area contributed by atoms with Gasteiger partial charge in [0.2, 0.25) is 0 Å². The predicted octanol–water partition coefficient (Wildman–Crippen LogP) is 3.58. The number of guanidine groups is 1. The van der Waals surface area contributed by atoms with E-state index in [4.69, 9.17) is 10.1 Å². The highest BCUT2D eigenvalue weighted by molar-refractivity contribution is 5.82. The zero-order valence-electron chi connectivity index (χ0n) is 16.0. The Kier molecular flexibility index (Phi) is 4.63. The Morgan fingerprint density at radius 2 is 2.00 bits per heavy atom. The minimum absolute atomic E-state index is 0.122. The van der Waals surface area contributed by atoms with Crippen molar-refractivity contribution < 1.29 is 0 Å². The van der Waals surface area contributed by atoms with Crippen LogP contribution in [0.15, 0.2) is 17.3 Å². The minimum atomic E-state index is 0.122. The third-order valence-electron chi connectivity index (χ3n) is 6.23. The Morgan fingerprint density at radius 1 is 1.29 bits per heavy atom. The van der Waals surface area contributed by atoms with Crippen molar-refractivity contribution in [1.29, 1.82) is 0 Å². The van der Waals surface area contributed by atoms with Gasteiger partial charge in [-0.15, -0.1) is 0 Å². The van der Waals surface area contributed by atoms with Crippen molar-refractivity contribution in [3.05, 3.63) is 18.0 Å². The van der Waals surface area contributed by atoms with Gasteiger partial charge in [0.25, 0.3) is 0 Å². The quantitative estimate of drug-likeness (QED) is 0.677. The molecule has 2 aliphatic rings. The maximum absolute atomic E-state index is 4.86. The van der Waals surface area contributed by atoms with Crippen molar-refractivity contribution in [2.75, 3.05) is 13.1 Å². The average molecular weight is 332 g/mol. The van der Waals surface area contributed by atoms with Crippen LogP contribution in [0.2, 0.25) is 0 Å². The van der Waals surface area contributed by atoms with Gasteiger partial charge in [-0.1, -0.05) is 26.7 Å². The molecule has 0 aromatic carbocycles. The first-order valence-electron chi connectivity index (χ1n) is 9.45. The van der Waals surface area contributed by atoms with Gasteiger partial charge in [0.1, 0.15) is 0 Å². The standard InChI is InChI=1S/C19H33N5/c1-6-20-17(23-14-18(2,3)19(23,4)5)21-13-15-11-12-24(22-15)16-9-7-8-10-16/h11-12,16H,6-10,13-14H2,1-5H3,(H,20,21). The Bertz CT molecular complexity index is 593. The summed E-state index contributed by atoms with van der Waals surface area (Å²) in [6.45, 7) is 14.0. The highest BCUT2D eigenvalue weighted by Gasteiger charge is 2.53. The highest BCUT2D eigenvalue weighted by atomic mass is 15.4. The molecule has 3 rings (SSSR count). The number of rotatable bonds is 4. The monoisotopic (exact) mass is 331 g/mol. The number of nitrogens with zero attached hydrogens (tertiary/aromatic N) is 4. The maximum Gasteiger partial charge on any atom is 0.194 e. The van der Waals surface area contributed by atoms with Crippen molar-refractivity contribution in [1.82, 2.24) is 20.0 Å². The fourth-order valence-corrected chi connectivity index (χ4v) is 3.78. The number of likely N-dealkylation sites (tertiary alicyclic amines) is 1. The topological polar surface area (TPSA) is 45.5 Å². The summed E-state index contributed by atoms with van der Waals surface area (Å²) in [7, 11) is 0. The first kappa shape index (κ1) is 17.3. The first-order valence-corrected chi connectivity index (χ1v) is 9.45. The second kappa shape index (κ2) is 6.41. The lowest BCUT2D eigenvalue weighted by molar-refractivity contribution is -0.0667. The molecule has 1 saturated carbocycles. The lowest BCUT2D eigenvalue weighted by Crippen LogP contribution is -2.72. The van der Waals surface area contributed by atoms with Crippen LogP contribution >= 0.6 is 0 Å². The summed E-state index contributed by atoms with van der Waals surface area (Å²) in [5.41, 5.74) is 1.50. The van der Waals surface area contributed by atoms with Gasteiger partial charge in [0.15, 0.2) is 5.96 Å². The Balaban J connectivity index is 1.68. The minimum Gasteiger partial charge on any atom is -0.356 e. The van der Waals surface area contributed by atoms with Crippen LogP contribution in [0.3, 0.4) is 0 Å². The van der Waals surface area contributed by atoms with E-state index in [0.29, 0.717) is 18.0 Å². The van der Waals surface area contributed by atoms with E-state index >= 15 is 0 Å². The van der Waals surface area contributed by atoms with Crippen LogP contribution in [0, 0.1) is 5.41 Å². The van der Waals surface area contributed by atoms with E-state index in [2.05, 4.69) is 61.8 Å². The molecule has 0 bridgehead atoms. The molecule has 1 aromatic heterocycles. The Morgan fingerprint density at radius 3 is 2.58 bits per heavy atom. The number of nitrogens with one attached hydrogen (secondary N) is 1. The van der Waals surface area contributed by atoms with E-state index in [0.717, 1.165) is 24.7 Å². The van der Waals surface area contributed by atoms with Crippen LogP contribution < -0.4 is 5.32 Å². The zero-order valence-corrected chi connectivity index (χ0v) is 16.0. The van der Waals surface area contributed by atoms with Crippen LogP contribution in [0.5, 0.6) is 0 Å². The predicted molar refractivity (Wildman–Crippen MR) is 99.1 cm³/mol. The molecule has 0 atom stereocenters. The number of hydrogen-bond donors (Lipinski definition) is 1. The van der Waals surface area contributed by atoms with Gasteiger partial charge < -0.3 is 10.2 Å². The number of aliphatic imine (C=N–C) groups is 1. The first-order chi connectivity index (χ1) is 11.3. The van der Waals surface area contributed by atoms with Gasteiger partial charge in [0, 0.05) is 30.2 Å². The molecular formula is C19H33N5. The molecule has 1 aliphatic heterocycles. The molecule has 0 amide bonds. The molecule has 24 heavy (non-hydrogen) atoms. The summed E-state index contributed by atoms with van der Waals surface area (Å²) >= 11 is 0. The van der Waals surface area contributed by atoms with E-state index in [1.54, 1.807) is 0 Å². The summed E-state index contributed by atoms with van der Waals surface area (Å²) in [4.78, 5) is 7.26. The van der Waals surface area contributed by atoms with Crippen molar-refractivity contribution in [2.24, 2.45) is 10.4 Å². The van der Waals surface area contributed by atoms with E-state index in [1.165, 1.54) is 25.7 Å². The molecule has 1 aliphatic carbocycles.